The van der Waals surface area contributed by atoms with Gasteiger partial charge in [0.2, 0.25) is 0 Å². The summed E-state index contributed by atoms with van der Waals surface area (Å²) >= 11 is 6.18. The highest BCUT2D eigenvalue weighted by atomic mass is 35.5. The SMILES string of the molecule is COc1cc2cc(-c3ccccc3)nc(C)c2cc1Cl. The zero-order chi connectivity index (χ0) is 14.1. The number of hydrogen-bond donors (Lipinski definition) is 0. The minimum atomic E-state index is 0.609. The number of aromatic nitrogens is 1. The summed E-state index contributed by atoms with van der Waals surface area (Å²) < 4.78 is 5.29. The van der Waals surface area contributed by atoms with Crippen LogP contribution in [-0.2, 0) is 0 Å². The minimum absolute atomic E-state index is 0.609. The zero-order valence-corrected chi connectivity index (χ0v) is 12.1. The van der Waals surface area contributed by atoms with Crippen molar-refractivity contribution in [2.45, 2.75) is 6.92 Å². The molecular formula is C17H14ClNO. The lowest BCUT2D eigenvalue weighted by Crippen LogP contribution is -1.91. The van der Waals surface area contributed by atoms with E-state index in [1.807, 2.05) is 37.3 Å². The molecule has 0 spiro atoms. The first-order valence-corrected chi connectivity index (χ1v) is 6.77. The Bertz CT molecular complexity index is 769. The summed E-state index contributed by atoms with van der Waals surface area (Å²) in [5.41, 5.74) is 3.03. The molecule has 0 fully saturated rings. The van der Waals surface area contributed by atoms with Crippen LogP contribution in [0.15, 0.2) is 48.5 Å². The number of ether oxygens (including phenoxy) is 1. The molecule has 0 unspecified atom stereocenters. The van der Waals surface area contributed by atoms with E-state index in [4.69, 9.17) is 16.3 Å². The van der Waals surface area contributed by atoms with Gasteiger partial charge in [-0.1, -0.05) is 41.9 Å². The number of nitrogens with zero attached hydrogens (tertiary/aromatic N) is 1. The molecule has 0 saturated carbocycles. The number of fused-ring (bicyclic) bond motifs is 1. The summed E-state index contributed by atoms with van der Waals surface area (Å²) in [6.07, 6.45) is 0. The number of rotatable bonds is 2. The van der Waals surface area contributed by atoms with Crippen molar-refractivity contribution in [2.75, 3.05) is 7.11 Å². The molecule has 3 rings (SSSR count). The van der Waals surface area contributed by atoms with Crippen LogP contribution < -0.4 is 4.74 Å². The number of halogens is 1. The van der Waals surface area contributed by atoms with E-state index < -0.39 is 0 Å². The molecule has 0 aliphatic rings. The lowest BCUT2D eigenvalue weighted by atomic mass is 10.0. The van der Waals surface area contributed by atoms with Crippen LogP contribution in [0.3, 0.4) is 0 Å². The second kappa shape index (κ2) is 5.14. The molecule has 1 aromatic heterocycles. The third-order valence-corrected chi connectivity index (χ3v) is 3.66. The number of methoxy groups -OCH3 is 1. The maximum atomic E-state index is 6.18. The van der Waals surface area contributed by atoms with Crippen molar-refractivity contribution in [1.82, 2.24) is 4.98 Å². The van der Waals surface area contributed by atoms with E-state index in [1.54, 1.807) is 7.11 Å². The molecule has 0 aliphatic heterocycles. The Morgan fingerprint density at radius 3 is 2.50 bits per heavy atom. The standard InChI is InChI=1S/C17H14ClNO/c1-11-14-10-15(18)17(20-2)9-13(14)8-16(19-11)12-6-4-3-5-7-12/h3-10H,1-2H3. The third-order valence-electron chi connectivity index (χ3n) is 3.36. The van der Waals surface area contributed by atoms with E-state index in [1.165, 1.54) is 0 Å². The van der Waals surface area contributed by atoms with Crippen molar-refractivity contribution in [3.63, 3.8) is 0 Å². The molecule has 0 saturated heterocycles. The Balaban J connectivity index is 2.25. The van der Waals surface area contributed by atoms with Gasteiger partial charge in [0.1, 0.15) is 5.75 Å². The molecule has 0 amide bonds. The predicted molar refractivity (Wildman–Crippen MR) is 83.5 cm³/mol. The highest BCUT2D eigenvalue weighted by molar-refractivity contribution is 6.33. The molecule has 3 aromatic rings. The lowest BCUT2D eigenvalue weighted by molar-refractivity contribution is 0.415. The summed E-state index contributed by atoms with van der Waals surface area (Å²) in [4.78, 5) is 4.67. The van der Waals surface area contributed by atoms with Gasteiger partial charge in [-0.3, -0.25) is 4.98 Å². The first-order chi connectivity index (χ1) is 9.69. The number of benzene rings is 2. The van der Waals surface area contributed by atoms with Gasteiger partial charge >= 0.3 is 0 Å². The number of pyridine rings is 1. The van der Waals surface area contributed by atoms with E-state index in [0.717, 1.165) is 27.7 Å². The zero-order valence-electron chi connectivity index (χ0n) is 11.4. The van der Waals surface area contributed by atoms with Gasteiger partial charge in [-0.15, -0.1) is 0 Å². The smallest absolute Gasteiger partial charge is 0.138 e. The molecule has 0 bridgehead atoms. The van der Waals surface area contributed by atoms with Crippen molar-refractivity contribution in [1.29, 1.82) is 0 Å². The normalized spacial score (nSPS) is 10.8. The van der Waals surface area contributed by atoms with Gasteiger partial charge in [-0.25, -0.2) is 0 Å². The van der Waals surface area contributed by atoms with Crippen LogP contribution in [0.1, 0.15) is 5.69 Å². The molecule has 2 aromatic carbocycles. The molecule has 0 aliphatic carbocycles. The van der Waals surface area contributed by atoms with Crippen LogP contribution in [0.25, 0.3) is 22.0 Å². The molecular weight excluding hydrogens is 270 g/mol. The molecule has 0 N–H and O–H groups in total. The van der Waals surface area contributed by atoms with Crippen LogP contribution >= 0.6 is 11.6 Å². The molecule has 100 valence electrons. The van der Waals surface area contributed by atoms with Gasteiger partial charge in [0.05, 0.1) is 17.8 Å². The van der Waals surface area contributed by atoms with Crippen molar-refractivity contribution in [3.05, 3.63) is 59.2 Å². The monoisotopic (exact) mass is 283 g/mol. The van der Waals surface area contributed by atoms with Crippen LogP contribution in [0.4, 0.5) is 0 Å². The van der Waals surface area contributed by atoms with Crippen molar-refractivity contribution in [3.8, 4) is 17.0 Å². The second-order valence-electron chi connectivity index (χ2n) is 4.67. The average molecular weight is 284 g/mol. The summed E-state index contributed by atoms with van der Waals surface area (Å²) in [5.74, 6) is 0.684. The Morgan fingerprint density at radius 2 is 1.80 bits per heavy atom. The summed E-state index contributed by atoms with van der Waals surface area (Å²) in [6.45, 7) is 2.00. The van der Waals surface area contributed by atoms with E-state index >= 15 is 0 Å². The quantitative estimate of drug-likeness (QED) is 0.669. The average Bonchev–Trinajstić information content (AvgIpc) is 2.48. The fourth-order valence-corrected chi connectivity index (χ4v) is 2.58. The molecule has 2 nitrogen and oxygen atoms in total. The van der Waals surface area contributed by atoms with Gasteiger partial charge in [-0.05, 0) is 30.5 Å². The topological polar surface area (TPSA) is 22.1 Å². The van der Waals surface area contributed by atoms with Gasteiger partial charge in [0.25, 0.3) is 0 Å². The van der Waals surface area contributed by atoms with E-state index in [9.17, 15) is 0 Å². The fourth-order valence-electron chi connectivity index (χ4n) is 2.34. The van der Waals surface area contributed by atoms with Crippen LogP contribution in [-0.4, -0.2) is 12.1 Å². The molecule has 0 radical (unpaired) electrons. The fraction of sp³-hybridized carbons (Fsp3) is 0.118. The van der Waals surface area contributed by atoms with E-state index in [2.05, 4.69) is 23.2 Å². The lowest BCUT2D eigenvalue weighted by Gasteiger charge is -2.10. The predicted octanol–water partition coefficient (Wildman–Crippen LogP) is 4.87. The van der Waals surface area contributed by atoms with Crippen LogP contribution in [0.5, 0.6) is 5.75 Å². The Labute approximate surface area is 123 Å². The van der Waals surface area contributed by atoms with Gasteiger partial charge in [0, 0.05) is 16.6 Å². The molecule has 20 heavy (non-hydrogen) atoms. The van der Waals surface area contributed by atoms with E-state index in [-0.39, 0.29) is 0 Å². The van der Waals surface area contributed by atoms with E-state index in [0.29, 0.717) is 10.8 Å². The Hall–Kier alpha value is -2.06. The maximum Gasteiger partial charge on any atom is 0.138 e. The van der Waals surface area contributed by atoms with Crippen LogP contribution in [0.2, 0.25) is 5.02 Å². The first kappa shape index (κ1) is 12.9. The third kappa shape index (κ3) is 2.23. The van der Waals surface area contributed by atoms with Crippen molar-refractivity contribution in [2.24, 2.45) is 0 Å². The van der Waals surface area contributed by atoms with Gasteiger partial charge < -0.3 is 4.74 Å². The number of hydrogen-bond acceptors (Lipinski definition) is 2. The van der Waals surface area contributed by atoms with Crippen LogP contribution in [0, 0.1) is 6.92 Å². The van der Waals surface area contributed by atoms with Crippen molar-refractivity contribution < 1.29 is 4.74 Å². The molecule has 0 atom stereocenters. The highest BCUT2D eigenvalue weighted by Crippen LogP contribution is 2.32. The maximum absolute atomic E-state index is 6.18. The second-order valence-corrected chi connectivity index (χ2v) is 5.07. The van der Waals surface area contributed by atoms with Gasteiger partial charge in [0.15, 0.2) is 0 Å². The van der Waals surface area contributed by atoms with Crippen molar-refractivity contribution >= 4 is 22.4 Å². The molecule has 3 heteroatoms. The Kier molecular flexibility index (Phi) is 3.33. The highest BCUT2D eigenvalue weighted by Gasteiger charge is 2.09. The minimum Gasteiger partial charge on any atom is -0.495 e. The first-order valence-electron chi connectivity index (χ1n) is 6.39. The molecule has 1 heterocycles. The summed E-state index contributed by atoms with van der Waals surface area (Å²) in [5, 5.41) is 2.74. The largest absolute Gasteiger partial charge is 0.495 e. The van der Waals surface area contributed by atoms with Gasteiger partial charge in [-0.2, -0.15) is 0 Å². The Morgan fingerprint density at radius 1 is 1.05 bits per heavy atom. The summed E-state index contributed by atoms with van der Waals surface area (Å²) in [7, 11) is 1.62. The summed E-state index contributed by atoms with van der Waals surface area (Å²) in [6, 6.07) is 16.1. The number of aryl methyl sites for hydroxylation is 1.